The summed E-state index contributed by atoms with van der Waals surface area (Å²) in [6, 6.07) is 28.2. The summed E-state index contributed by atoms with van der Waals surface area (Å²) in [6.07, 6.45) is 10.0. The Morgan fingerprint density at radius 2 is 1.34 bits per heavy atom. The molecule has 2 aliphatic rings. The van der Waals surface area contributed by atoms with Crippen LogP contribution in [0.1, 0.15) is 68.9 Å². The second-order valence-corrected chi connectivity index (χ2v) is 10.0. The van der Waals surface area contributed by atoms with E-state index in [9.17, 15) is 0 Å². The van der Waals surface area contributed by atoms with Crippen molar-refractivity contribution in [3.05, 3.63) is 90.0 Å². The molecule has 0 aromatic heterocycles. The average molecular weight is 425 g/mol. The highest BCUT2D eigenvalue weighted by Gasteiger charge is 2.35. The van der Waals surface area contributed by atoms with Gasteiger partial charge in [-0.25, -0.2) is 0 Å². The molecule has 0 bridgehead atoms. The normalized spacial score (nSPS) is 25.2. The van der Waals surface area contributed by atoms with Crippen LogP contribution in [0.25, 0.3) is 11.1 Å². The van der Waals surface area contributed by atoms with E-state index >= 15 is 0 Å². The second-order valence-electron chi connectivity index (χ2n) is 10.0. The molecule has 0 amide bonds. The maximum Gasteiger partial charge on any atom is 0.119 e. The van der Waals surface area contributed by atoms with Crippen LogP contribution in [0.3, 0.4) is 0 Å². The summed E-state index contributed by atoms with van der Waals surface area (Å²) in [4.78, 5) is 0. The third kappa shape index (κ3) is 4.93. The molecule has 0 radical (unpaired) electrons. The van der Waals surface area contributed by atoms with E-state index in [1.54, 1.807) is 5.56 Å². The monoisotopic (exact) mass is 424 g/mol. The quantitative estimate of drug-likeness (QED) is 0.385. The Morgan fingerprint density at radius 3 is 2.06 bits per heavy atom. The Morgan fingerprint density at radius 1 is 0.688 bits per heavy atom. The molecule has 2 saturated carbocycles. The van der Waals surface area contributed by atoms with Gasteiger partial charge in [0.05, 0.1) is 0 Å². The molecule has 32 heavy (non-hydrogen) atoms. The lowest BCUT2D eigenvalue weighted by Gasteiger charge is -2.42. The van der Waals surface area contributed by atoms with Gasteiger partial charge in [0.15, 0.2) is 0 Å². The molecule has 4 atom stereocenters. The van der Waals surface area contributed by atoms with Crippen molar-refractivity contribution < 1.29 is 4.74 Å². The van der Waals surface area contributed by atoms with Crippen LogP contribution in [0.2, 0.25) is 0 Å². The molecule has 4 unspecified atom stereocenters. The largest absolute Gasteiger partial charge is 0.489 e. The van der Waals surface area contributed by atoms with Crippen molar-refractivity contribution in [3.63, 3.8) is 0 Å². The van der Waals surface area contributed by atoms with E-state index in [0.29, 0.717) is 6.61 Å². The summed E-state index contributed by atoms with van der Waals surface area (Å²) in [5.41, 5.74) is 5.29. The minimum Gasteiger partial charge on any atom is -0.489 e. The molecule has 2 fully saturated rings. The third-order valence-electron chi connectivity index (χ3n) is 8.12. The Balaban J connectivity index is 1.19. The van der Waals surface area contributed by atoms with Crippen molar-refractivity contribution in [2.45, 2.75) is 64.4 Å². The summed E-state index contributed by atoms with van der Waals surface area (Å²) in [5.74, 6) is 4.66. The summed E-state index contributed by atoms with van der Waals surface area (Å²) in [7, 11) is 0. The number of rotatable bonds is 6. The summed E-state index contributed by atoms with van der Waals surface area (Å²) >= 11 is 0. The molecule has 1 heteroatoms. The Labute approximate surface area is 193 Å². The van der Waals surface area contributed by atoms with E-state index in [1.807, 2.05) is 18.2 Å². The molecular weight excluding hydrogens is 388 g/mol. The first-order valence-corrected chi connectivity index (χ1v) is 12.7. The van der Waals surface area contributed by atoms with Gasteiger partial charge in [-0.1, -0.05) is 86.5 Å². The maximum atomic E-state index is 5.94. The van der Waals surface area contributed by atoms with Gasteiger partial charge in [-0.05, 0) is 90.2 Å². The van der Waals surface area contributed by atoms with E-state index in [0.717, 1.165) is 29.4 Å². The van der Waals surface area contributed by atoms with E-state index in [4.69, 9.17) is 4.74 Å². The van der Waals surface area contributed by atoms with E-state index < -0.39 is 0 Å². The predicted octanol–water partition coefficient (Wildman–Crippen LogP) is 8.64. The molecule has 3 aromatic carbocycles. The smallest absolute Gasteiger partial charge is 0.119 e. The number of ether oxygens (including phenoxy) is 1. The molecule has 0 N–H and O–H groups in total. The van der Waals surface area contributed by atoms with Crippen LogP contribution in [-0.2, 0) is 6.61 Å². The SMILES string of the molecule is CCC1CCC2CC(c3ccc(-c4ccc(OCc5ccccc5)cc4)cc3)CCC2C1. The minimum atomic E-state index is 0.608. The average Bonchev–Trinajstić information content (AvgIpc) is 2.88. The molecule has 0 saturated heterocycles. The van der Waals surface area contributed by atoms with Crippen LogP contribution >= 0.6 is 0 Å². The number of hydrogen-bond acceptors (Lipinski definition) is 1. The first-order valence-electron chi connectivity index (χ1n) is 12.7. The fourth-order valence-electron chi connectivity index (χ4n) is 6.09. The Hall–Kier alpha value is -2.54. The van der Waals surface area contributed by atoms with Crippen LogP contribution in [0.15, 0.2) is 78.9 Å². The maximum absolute atomic E-state index is 5.94. The molecular formula is C31H36O. The van der Waals surface area contributed by atoms with Crippen molar-refractivity contribution >= 4 is 0 Å². The second kappa shape index (κ2) is 9.94. The fourth-order valence-corrected chi connectivity index (χ4v) is 6.09. The lowest BCUT2D eigenvalue weighted by atomic mass is 9.63. The first-order chi connectivity index (χ1) is 15.8. The number of fused-ring (bicyclic) bond motifs is 1. The first kappa shape index (κ1) is 21.3. The van der Waals surface area contributed by atoms with Crippen molar-refractivity contribution in [3.8, 4) is 16.9 Å². The molecule has 0 aliphatic heterocycles. The molecule has 1 nitrogen and oxygen atoms in total. The van der Waals surface area contributed by atoms with Crippen LogP contribution in [-0.4, -0.2) is 0 Å². The molecule has 5 rings (SSSR count). The molecule has 0 heterocycles. The van der Waals surface area contributed by atoms with Crippen molar-refractivity contribution in [1.82, 2.24) is 0 Å². The number of hydrogen-bond donors (Lipinski definition) is 0. The summed E-state index contributed by atoms with van der Waals surface area (Å²) in [5, 5.41) is 0. The zero-order valence-electron chi connectivity index (χ0n) is 19.4. The van der Waals surface area contributed by atoms with Gasteiger partial charge in [-0.2, -0.15) is 0 Å². The third-order valence-corrected chi connectivity index (χ3v) is 8.12. The summed E-state index contributed by atoms with van der Waals surface area (Å²) in [6.45, 7) is 2.99. The highest BCUT2D eigenvalue weighted by atomic mass is 16.5. The Kier molecular flexibility index (Phi) is 6.62. The van der Waals surface area contributed by atoms with Gasteiger partial charge in [0.1, 0.15) is 12.4 Å². The molecule has 0 spiro atoms. The van der Waals surface area contributed by atoms with E-state index in [2.05, 4.69) is 67.6 Å². The predicted molar refractivity (Wildman–Crippen MR) is 134 cm³/mol. The van der Waals surface area contributed by atoms with Crippen LogP contribution in [0.4, 0.5) is 0 Å². The van der Waals surface area contributed by atoms with Gasteiger partial charge in [0.25, 0.3) is 0 Å². The molecule has 2 aliphatic carbocycles. The lowest BCUT2D eigenvalue weighted by Crippen LogP contribution is -2.30. The van der Waals surface area contributed by atoms with Gasteiger partial charge in [0.2, 0.25) is 0 Å². The standard InChI is InChI=1S/C31H36O/c1-2-23-8-9-30-21-29(15-14-28(30)20-23)27-12-10-25(11-13-27)26-16-18-31(19-17-26)32-22-24-6-4-3-5-7-24/h3-7,10-13,16-19,23,28-30H,2,8-9,14-15,20-22H2,1H3. The van der Waals surface area contributed by atoms with E-state index in [-0.39, 0.29) is 0 Å². The number of benzene rings is 3. The van der Waals surface area contributed by atoms with E-state index in [1.165, 1.54) is 61.6 Å². The molecule has 3 aromatic rings. The zero-order chi connectivity index (χ0) is 21.8. The fraction of sp³-hybridized carbons (Fsp3) is 0.419. The molecule has 166 valence electrons. The van der Waals surface area contributed by atoms with Crippen molar-refractivity contribution in [2.75, 3.05) is 0 Å². The van der Waals surface area contributed by atoms with Crippen LogP contribution in [0.5, 0.6) is 5.75 Å². The van der Waals surface area contributed by atoms with Gasteiger partial charge < -0.3 is 4.74 Å². The van der Waals surface area contributed by atoms with Gasteiger partial charge in [0, 0.05) is 0 Å². The topological polar surface area (TPSA) is 9.23 Å². The Bertz CT molecular complexity index is 973. The summed E-state index contributed by atoms with van der Waals surface area (Å²) < 4.78 is 5.94. The van der Waals surface area contributed by atoms with Crippen molar-refractivity contribution in [1.29, 1.82) is 0 Å². The highest BCUT2D eigenvalue weighted by Crippen LogP contribution is 2.48. The van der Waals surface area contributed by atoms with Crippen LogP contribution in [0, 0.1) is 17.8 Å². The van der Waals surface area contributed by atoms with Gasteiger partial charge in [-0.15, -0.1) is 0 Å². The van der Waals surface area contributed by atoms with Crippen LogP contribution < -0.4 is 4.74 Å². The van der Waals surface area contributed by atoms with Crippen molar-refractivity contribution in [2.24, 2.45) is 17.8 Å². The zero-order valence-corrected chi connectivity index (χ0v) is 19.4. The van der Waals surface area contributed by atoms with Gasteiger partial charge >= 0.3 is 0 Å². The van der Waals surface area contributed by atoms with Gasteiger partial charge in [-0.3, -0.25) is 0 Å². The lowest BCUT2D eigenvalue weighted by molar-refractivity contribution is 0.116. The minimum absolute atomic E-state index is 0.608. The highest BCUT2D eigenvalue weighted by molar-refractivity contribution is 5.64.